The maximum absolute atomic E-state index is 11.6. The van der Waals surface area contributed by atoms with Gasteiger partial charge >= 0.3 is 5.97 Å². The molecule has 1 unspecified atom stereocenters. The Balaban J connectivity index is 1.38. The minimum Gasteiger partial charge on any atom is -0.466 e. The molecule has 4 aromatic rings. The van der Waals surface area contributed by atoms with Crippen LogP contribution >= 0.6 is 0 Å². The third-order valence-corrected chi connectivity index (χ3v) is 8.80. The molecule has 0 bridgehead atoms. The van der Waals surface area contributed by atoms with Gasteiger partial charge in [0, 0.05) is 29.6 Å². The molecule has 10 heteroatoms. The summed E-state index contributed by atoms with van der Waals surface area (Å²) in [5.74, 6) is 0.315. The van der Waals surface area contributed by atoms with E-state index in [1.807, 2.05) is 12.1 Å². The number of carbonyl (C=O) groups excluding carboxylic acids is 1. The van der Waals surface area contributed by atoms with Crippen molar-refractivity contribution in [3.05, 3.63) is 113 Å². The number of aromatic nitrogens is 2. The van der Waals surface area contributed by atoms with Gasteiger partial charge in [0.2, 0.25) is 0 Å². The summed E-state index contributed by atoms with van der Waals surface area (Å²) in [6.07, 6.45) is 9.98. The molecule has 5 nitrogen and oxygen atoms in total. The van der Waals surface area contributed by atoms with Crippen molar-refractivity contribution in [1.82, 2.24) is 9.78 Å². The van der Waals surface area contributed by atoms with E-state index < -0.39 is 10.5 Å². The summed E-state index contributed by atoms with van der Waals surface area (Å²) in [6, 6.07) is 24.1. The molecule has 44 heavy (non-hydrogen) atoms. The molecule has 208 valence electrons. The Labute approximate surface area is 266 Å². The van der Waals surface area contributed by atoms with Crippen LogP contribution in [0.5, 0.6) is 0 Å². The molecule has 2 aliphatic rings. The molecule has 3 aromatic carbocycles. The van der Waals surface area contributed by atoms with Crippen LogP contribution in [0.3, 0.4) is 0 Å². The second-order valence-corrected chi connectivity index (χ2v) is 12.1. The lowest BCUT2D eigenvalue weighted by molar-refractivity contribution is -0.134. The molecular weight excluding hydrogens is 536 g/mol. The monoisotopic (exact) mass is 567 g/mol. The van der Waals surface area contributed by atoms with Gasteiger partial charge in [-0.1, -0.05) is 54.6 Å². The number of benzene rings is 3. The fourth-order valence-electron chi connectivity index (χ4n) is 6.02. The topological polar surface area (TPSA) is 47.4 Å². The molecule has 2 atom stereocenters. The van der Waals surface area contributed by atoms with Crippen LogP contribution < -0.4 is 4.90 Å². The first-order chi connectivity index (χ1) is 21.0. The van der Waals surface area contributed by atoms with Crippen molar-refractivity contribution in [3.8, 4) is 11.1 Å². The number of carbonyl (C=O) groups is 1. The van der Waals surface area contributed by atoms with Crippen LogP contribution in [0.4, 0.5) is 5.69 Å². The molecule has 10 radical (unpaired) electrons. The predicted octanol–water partition coefficient (Wildman–Crippen LogP) is 4.68. The third-order valence-electron chi connectivity index (χ3n) is 8.80. The molecule has 0 N–H and O–H groups in total. The largest absolute Gasteiger partial charge is 0.466 e. The number of methoxy groups -OCH3 is 1. The number of rotatable bonds is 8. The van der Waals surface area contributed by atoms with E-state index in [2.05, 4.69) is 71.5 Å². The van der Waals surface area contributed by atoms with Crippen LogP contribution in [0.25, 0.3) is 17.2 Å². The molecule has 0 amide bonds. The van der Waals surface area contributed by atoms with E-state index in [0.717, 1.165) is 28.7 Å². The summed E-state index contributed by atoms with van der Waals surface area (Å²) < 4.78 is 6.04. The zero-order valence-electron chi connectivity index (χ0n) is 25.1. The molecule has 0 spiro atoms. The Kier molecular flexibility index (Phi) is 7.98. The van der Waals surface area contributed by atoms with Crippen LogP contribution in [0, 0.1) is 0 Å². The molecular formula is C34H30B5N3O2. The molecule has 1 fully saturated rings. The van der Waals surface area contributed by atoms with Crippen molar-refractivity contribution in [2.75, 3.05) is 12.0 Å². The van der Waals surface area contributed by atoms with Gasteiger partial charge in [-0.15, -0.1) is 5.11 Å². The lowest BCUT2D eigenvalue weighted by Crippen LogP contribution is -2.48. The lowest BCUT2D eigenvalue weighted by atomic mass is 9.26. The highest BCUT2D eigenvalue weighted by Gasteiger charge is 2.35. The van der Waals surface area contributed by atoms with Crippen molar-refractivity contribution < 1.29 is 9.53 Å². The summed E-state index contributed by atoms with van der Waals surface area (Å²) in [7, 11) is 31.1. The van der Waals surface area contributed by atoms with E-state index >= 15 is 0 Å². The van der Waals surface area contributed by atoms with Crippen molar-refractivity contribution >= 4 is 57.0 Å². The SMILES string of the molecule is [B]C([B])([B])C([B])([B])n1cc(-c2ccc3c(c2)C[C@@H](C)N(c2ccc(C4CC4)cc2)C3c2ccc(/C=C/C(=O)OC)cc2)cn1. The lowest BCUT2D eigenvalue weighted by Gasteiger charge is -2.44. The van der Waals surface area contributed by atoms with Crippen molar-refractivity contribution in [2.24, 2.45) is 0 Å². The number of nitrogens with zero attached hydrogens (tertiary/aromatic N) is 3. The highest BCUT2D eigenvalue weighted by molar-refractivity contribution is 6.66. The summed E-state index contributed by atoms with van der Waals surface area (Å²) >= 11 is 0. The van der Waals surface area contributed by atoms with Gasteiger partial charge < -0.3 is 9.64 Å². The second kappa shape index (κ2) is 11.6. The number of hydrogen-bond acceptors (Lipinski definition) is 4. The Morgan fingerprint density at radius 2 is 1.61 bits per heavy atom. The fourth-order valence-corrected chi connectivity index (χ4v) is 6.02. The number of ether oxygens (including phenoxy) is 1. The van der Waals surface area contributed by atoms with Crippen LogP contribution in [-0.2, 0) is 21.3 Å². The standard InChI is InChI=1S/C34H30B5N3O2/c1-21-17-27-18-26(28-19-40-41(20-28)34(38,39)33(35,36)37)12-15-30(27)32(25-6-3-22(4-7-25)5-16-31(43)44-2)42(21)29-13-10-24(11-14-29)23-8-9-23/h3-7,10-16,18-21,23,32H,8-9,17H2,1-2H3/b16-5+/t21-,32?/m1/s1. The van der Waals surface area contributed by atoms with Gasteiger partial charge in [-0.25, -0.2) is 4.79 Å². The fraction of sp³-hybridized carbons (Fsp3) is 0.294. The quantitative estimate of drug-likeness (QED) is 0.177. The molecule has 1 saturated carbocycles. The predicted molar refractivity (Wildman–Crippen MR) is 180 cm³/mol. The summed E-state index contributed by atoms with van der Waals surface area (Å²) in [5.41, 5.74) is 8.93. The number of fused-ring (bicyclic) bond motifs is 1. The van der Waals surface area contributed by atoms with Crippen molar-refractivity contribution in [2.45, 2.75) is 54.6 Å². The summed E-state index contributed by atoms with van der Waals surface area (Å²) in [5, 5.41) is 0.659. The van der Waals surface area contributed by atoms with E-state index in [4.69, 9.17) is 44.0 Å². The molecule has 1 aliphatic heterocycles. The molecule has 1 aromatic heterocycles. The van der Waals surface area contributed by atoms with E-state index in [1.54, 1.807) is 18.5 Å². The van der Waals surface area contributed by atoms with Crippen LogP contribution in [0.15, 0.2) is 85.2 Å². The van der Waals surface area contributed by atoms with Crippen molar-refractivity contribution in [3.63, 3.8) is 0 Å². The maximum Gasteiger partial charge on any atom is 0.330 e. The third kappa shape index (κ3) is 5.83. The first kappa shape index (κ1) is 30.2. The first-order valence-electron chi connectivity index (χ1n) is 14.8. The van der Waals surface area contributed by atoms with Crippen LogP contribution in [-0.4, -0.2) is 68.1 Å². The van der Waals surface area contributed by atoms with E-state index in [1.165, 1.54) is 53.1 Å². The zero-order valence-corrected chi connectivity index (χ0v) is 25.1. The van der Waals surface area contributed by atoms with Crippen LogP contribution in [0.1, 0.15) is 59.5 Å². The minimum absolute atomic E-state index is 0.0241. The average Bonchev–Trinajstić information content (AvgIpc) is 3.73. The molecule has 2 heterocycles. The number of esters is 1. The van der Waals surface area contributed by atoms with E-state index in [0.29, 0.717) is 5.92 Å². The highest BCUT2D eigenvalue weighted by Crippen LogP contribution is 2.44. The van der Waals surface area contributed by atoms with Gasteiger partial charge in [0.25, 0.3) is 0 Å². The summed E-state index contributed by atoms with van der Waals surface area (Å²) in [4.78, 5) is 14.1. The number of hydrogen-bond donors (Lipinski definition) is 0. The van der Waals surface area contributed by atoms with Gasteiger partial charge in [0.05, 0.1) is 58.6 Å². The zero-order chi connectivity index (χ0) is 31.2. The molecule has 6 rings (SSSR count). The highest BCUT2D eigenvalue weighted by atomic mass is 16.5. The van der Waals surface area contributed by atoms with Crippen LogP contribution in [0.2, 0.25) is 5.11 Å². The minimum atomic E-state index is -1.88. The van der Waals surface area contributed by atoms with Gasteiger partial charge in [0.15, 0.2) is 0 Å². The van der Waals surface area contributed by atoms with E-state index in [9.17, 15) is 4.79 Å². The average molecular weight is 567 g/mol. The van der Waals surface area contributed by atoms with E-state index in [-0.39, 0.29) is 18.1 Å². The summed E-state index contributed by atoms with van der Waals surface area (Å²) in [6.45, 7) is 2.27. The van der Waals surface area contributed by atoms with Crippen molar-refractivity contribution in [1.29, 1.82) is 0 Å². The Morgan fingerprint density at radius 1 is 0.932 bits per heavy atom. The Bertz CT molecular complexity index is 1690. The number of anilines is 1. The maximum atomic E-state index is 11.6. The van der Waals surface area contributed by atoms with Gasteiger partial charge in [-0.3, -0.25) is 4.68 Å². The van der Waals surface area contributed by atoms with Gasteiger partial charge in [-0.2, -0.15) is 5.10 Å². The first-order valence-corrected chi connectivity index (χ1v) is 14.8. The van der Waals surface area contributed by atoms with Gasteiger partial charge in [0.1, 0.15) is 0 Å². The second-order valence-electron chi connectivity index (χ2n) is 12.1. The Hall–Kier alpha value is -3.80. The van der Waals surface area contributed by atoms with Gasteiger partial charge in [-0.05, 0) is 89.0 Å². The smallest absolute Gasteiger partial charge is 0.330 e. The normalized spacial score (nSPS) is 18.7. The molecule has 0 saturated heterocycles. The Morgan fingerprint density at radius 3 is 2.25 bits per heavy atom. The molecule has 1 aliphatic carbocycles.